The highest BCUT2D eigenvalue weighted by Crippen LogP contribution is 2.29. The van der Waals surface area contributed by atoms with Gasteiger partial charge in [0.15, 0.2) is 15.4 Å². The van der Waals surface area contributed by atoms with E-state index in [9.17, 15) is 4.79 Å². The number of nitrogens with one attached hydrogen (secondary N) is 1. The summed E-state index contributed by atoms with van der Waals surface area (Å²) in [5.74, 6) is -0.214. The third-order valence-electron chi connectivity index (χ3n) is 3.80. The second-order valence-corrected chi connectivity index (χ2v) is 8.36. The van der Waals surface area contributed by atoms with Crippen molar-refractivity contribution in [3.8, 4) is 0 Å². The summed E-state index contributed by atoms with van der Waals surface area (Å²) in [5, 5.41) is 5.45. The zero-order valence-corrected chi connectivity index (χ0v) is 17.0. The fraction of sp³-hybridized carbons (Fsp3) is 0.412. The van der Waals surface area contributed by atoms with Gasteiger partial charge in [0.1, 0.15) is 5.69 Å². The van der Waals surface area contributed by atoms with Crippen LogP contribution in [0.25, 0.3) is 11.1 Å². The summed E-state index contributed by atoms with van der Waals surface area (Å²) in [6.45, 7) is 7.33. The molecule has 0 bridgehead atoms. The Morgan fingerprint density at radius 2 is 2.20 bits per heavy atom. The van der Waals surface area contributed by atoms with Crippen LogP contribution in [0, 0.1) is 0 Å². The van der Waals surface area contributed by atoms with Crippen molar-refractivity contribution in [1.29, 1.82) is 0 Å². The molecule has 0 aliphatic rings. The summed E-state index contributed by atoms with van der Waals surface area (Å²) >= 11 is 4.75. The number of halogens is 1. The number of carbonyl (C=O) groups is 1. The van der Waals surface area contributed by atoms with E-state index in [1.54, 1.807) is 13.2 Å². The molecule has 0 radical (unpaired) electrons. The molecule has 3 aromatic rings. The van der Waals surface area contributed by atoms with Crippen LogP contribution in [0.15, 0.2) is 26.6 Å². The standard InChI is InChI=1S/C17H20BrN3O3S/c1-17(2,3)13-9-25-16(19-13)20-15(22)11-7-12-10(8-14(18)24-12)21(11)5-6-23-4/h7-9H,5-6H2,1-4H3,(H,19,20,22). The first-order chi connectivity index (χ1) is 11.8. The number of fused-ring (bicyclic) bond motifs is 1. The predicted molar refractivity (Wildman–Crippen MR) is 103 cm³/mol. The number of nitrogens with zero attached hydrogens (tertiary/aromatic N) is 2. The van der Waals surface area contributed by atoms with E-state index in [2.05, 4.69) is 47.0 Å². The normalized spacial score (nSPS) is 12.0. The van der Waals surface area contributed by atoms with Crippen LogP contribution in [-0.4, -0.2) is 29.2 Å². The highest BCUT2D eigenvalue weighted by atomic mass is 79.9. The number of thiazole rings is 1. The fourth-order valence-electron chi connectivity index (χ4n) is 2.46. The van der Waals surface area contributed by atoms with E-state index < -0.39 is 0 Å². The third kappa shape index (κ3) is 3.80. The minimum absolute atomic E-state index is 0.0513. The highest BCUT2D eigenvalue weighted by molar-refractivity contribution is 9.10. The molecule has 134 valence electrons. The molecule has 6 nitrogen and oxygen atoms in total. The van der Waals surface area contributed by atoms with Gasteiger partial charge in [-0.15, -0.1) is 11.3 Å². The van der Waals surface area contributed by atoms with Crippen molar-refractivity contribution < 1.29 is 13.9 Å². The smallest absolute Gasteiger partial charge is 0.274 e. The summed E-state index contributed by atoms with van der Waals surface area (Å²) in [5.41, 5.74) is 2.93. The van der Waals surface area contributed by atoms with E-state index >= 15 is 0 Å². The first-order valence-electron chi connectivity index (χ1n) is 7.84. The average Bonchev–Trinajstić information content (AvgIpc) is 3.19. The van der Waals surface area contributed by atoms with Gasteiger partial charge in [0.05, 0.1) is 17.8 Å². The van der Waals surface area contributed by atoms with Crippen LogP contribution in [-0.2, 0) is 16.7 Å². The van der Waals surface area contributed by atoms with Gasteiger partial charge >= 0.3 is 0 Å². The Bertz CT molecular complexity index is 904. The monoisotopic (exact) mass is 425 g/mol. The zero-order chi connectivity index (χ0) is 18.2. The van der Waals surface area contributed by atoms with Crippen LogP contribution in [0.2, 0.25) is 0 Å². The van der Waals surface area contributed by atoms with Gasteiger partial charge in [-0.2, -0.15) is 0 Å². The van der Waals surface area contributed by atoms with Crippen molar-refractivity contribution in [1.82, 2.24) is 9.55 Å². The Morgan fingerprint density at radius 3 is 2.84 bits per heavy atom. The Hall–Kier alpha value is -1.64. The minimum Gasteiger partial charge on any atom is -0.448 e. The SMILES string of the molecule is COCCn1c(C(=O)Nc2nc(C(C)(C)C)cs2)cc2oc(Br)cc21. The second kappa shape index (κ2) is 6.93. The largest absolute Gasteiger partial charge is 0.448 e. The zero-order valence-electron chi connectivity index (χ0n) is 14.6. The van der Waals surface area contributed by atoms with E-state index in [0.717, 1.165) is 11.2 Å². The molecule has 1 amide bonds. The van der Waals surface area contributed by atoms with Crippen LogP contribution >= 0.6 is 27.3 Å². The van der Waals surface area contributed by atoms with Crippen molar-refractivity contribution in [2.24, 2.45) is 0 Å². The predicted octanol–water partition coefficient (Wildman–Crippen LogP) is 4.65. The summed E-state index contributed by atoms with van der Waals surface area (Å²) in [6.07, 6.45) is 0. The van der Waals surface area contributed by atoms with E-state index in [1.807, 2.05) is 16.0 Å². The molecular formula is C17H20BrN3O3S. The lowest BCUT2D eigenvalue weighted by molar-refractivity contribution is 0.101. The van der Waals surface area contributed by atoms with Crippen molar-refractivity contribution in [3.05, 3.63) is 33.6 Å². The van der Waals surface area contributed by atoms with Crippen LogP contribution in [0.1, 0.15) is 37.0 Å². The van der Waals surface area contributed by atoms with E-state index in [1.165, 1.54) is 11.3 Å². The Balaban J connectivity index is 1.88. The number of hydrogen-bond donors (Lipinski definition) is 1. The third-order valence-corrected chi connectivity index (χ3v) is 4.95. The number of carbonyl (C=O) groups excluding carboxylic acids is 1. The number of furan rings is 1. The van der Waals surface area contributed by atoms with E-state index in [0.29, 0.717) is 34.2 Å². The molecule has 0 unspecified atom stereocenters. The number of methoxy groups -OCH3 is 1. The van der Waals surface area contributed by atoms with Crippen molar-refractivity contribution in [3.63, 3.8) is 0 Å². The molecule has 0 aromatic carbocycles. The minimum atomic E-state index is -0.214. The lowest BCUT2D eigenvalue weighted by Gasteiger charge is -2.14. The molecule has 0 saturated heterocycles. The number of anilines is 1. The lowest BCUT2D eigenvalue weighted by atomic mass is 9.93. The molecule has 0 saturated carbocycles. The Kier molecular flexibility index (Phi) is 5.04. The summed E-state index contributed by atoms with van der Waals surface area (Å²) in [4.78, 5) is 17.3. The van der Waals surface area contributed by atoms with Crippen LogP contribution in [0.5, 0.6) is 0 Å². The number of ether oxygens (including phenoxy) is 1. The maximum absolute atomic E-state index is 12.8. The van der Waals surface area contributed by atoms with Crippen molar-refractivity contribution in [2.45, 2.75) is 32.7 Å². The molecule has 1 N–H and O–H groups in total. The van der Waals surface area contributed by atoms with E-state index in [-0.39, 0.29) is 11.3 Å². The Labute approximate surface area is 158 Å². The van der Waals surface area contributed by atoms with Gasteiger partial charge in [-0.25, -0.2) is 4.98 Å². The van der Waals surface area contributed by atoms with Gasteiger partial charge in [0.25, 0.3) is 5.91 Å². The number of hydrogen-bond acceptors (Lipinski definition) is 5. The summed E-state index contributed by atoms with van der Waals surface area (Å²) < 4.78 is 13.3. The Morgan fingerprint density at radius 1 is 1.44 bits per heavy atom. The molecule has 0 aliphatic carbocycles. The molecule has 0 atom stereocenters. The maximum Gasteiger partial charge on any atom is 0.274 e. The first-order valence-corrected chi connectivity index (χ1v) is 9.51. The van der Waals surface area contributed by atoms with Gasteiger partial charge in [-0.05, 0) is 15.9 Å². The van der Waals surface area contributed by atoms with Gasteiger partial charge in [0.2, 0.25) is 0 Å². The van der Waals surface area contributed by atoms with Crippen molar-refractivity contribution >= 4 is 49.4 Å². The quantitative estimate of drug-likeness (QED) is 0.645. The summed E-state index contributed by atoms with van der Waals surface area (Å²) in [7, 11) is 1.63. The molecule has 25 heavy (non-hydrogen) atoms. The number of amides is 1. The van der Waals surface area contributed by atoms with Crippen LogP contribution < -0.4 is 5.32 Å². The fourth-order valence-corrected chi connectivity index (χ4v) is 3.78. The first kappa shape index (κ1) is 18.2. The van der Waals surface area contributed by atoms with Crippen molar-refractivity contribution in [2.75, 3.05) is 19.0 Å². The van der Waals surface area contributed by atoms with Gasteiger partial charge in [0, 0.05) is 36.6 Å². The van der Waals surface area contributed by atoms with Crippen LogP contribution in [0.4, 0.5) is 5.13 Å². The van der Waals surface area contributed by atoms with Gasteiger partial charge in [-0.1, -0.05) is 20.8 Å². The topological polar surface area (TPSA) is 69.3 Å². The molecule has 8 heteroatoms. The van der Waals surface area contributed by atoms with Gasteiger partial charge < -0.3 is 13.7 Å². The second-order valence-electron chi connectivity index (χ2n) is 6.72. The number of rotatable bonds is 5. The molecule has 0 aliphatic heterocycles. The molecular weight excluding hydrogens is 406 g/mol. The van der Waals surface area contributed by atoms with Crippen LogP contribution in [0.3, 0.4) is 0 Å². The average molecular weight is 426 g/mol. The van der Waals surface area contributed by atoms with Gasteiger partial charge in [-0.3, -0.25) is 10.1 Å². The molecule has 3 aromatic heterocycles. The molecule has 0 fully saturated rings. The molecule has 0 spiro atoms. The lowest BCUT2D eigenvalue weighted by Crippen LogP contribution is -2.19. The van der Waals surface area contributed by atoms with E-state index in [4.69, 9.17) is 9.15 Å². The number of aromatic nitrogens is 2. The highest BCUT2D eigenvalue weighted by Gasteiger charge is 2.21. The maximum atomic E-state index is 12.8. The molecule has 3 heterocycles. The summed E-state index contributed by atoms with van der Waals surface area (Å²) in [6, 6.07) is 3.59. The molecule has 3 rings (SSSR count).